The van der Waals surface area contributed by atoms with Gasteiger partial charge in [0.2, 0.25) is 0 Å². The van der Waals surface area contributed by atoms with Gasteiger partial charge in [-0.3, -0.25) is 5.10 Å². The van der Waals surface area contributed by atoms with Crippen LogP contribution in [-0.4, -0.2) is 16.7 Å². The van der Waals surface area contributed by atoms with E-state index in [1.807, 2.05) is 6.07 Å². The number of H-pyrrole nitrogens is 1. The van der Waals surface area contributed by atoms with Crippen LogP contribution < -0.4 is 5.32 Å². The number of benzene rings is 1. The standard InChI is InChI=1S/C12H13N3/c1-2-4-10-9(3-1)5-7-13-12(10)11-6-8-14-15-11/h1-4,6,8,12-13H,5,7H2,(H,14,15). The lowest BCUT2D eigenvalue weighted by Crippen LogP contribution is -2.30. The van der Waals surface area contributed by atoms with E-state index in [0.717, 1.165) is 18.7 Å². The molecule has 3 heteroatoms. The van der Waals surface area contributed by atoms with Crippen molar-refractivity contribution < 1.29 is 0 Å². The Labute approximate surface area is 88.5 Å². The Morgan fingerprint density at radius 1 is 1.20 bits per heavy atom. The van der Waals surface area contributed by atoms with E-state index < -0.39 is 0 Å². The Morgan fingerprint density at radius 3 is 3.00 bits per heavy atom. The monoisotopic (exact) mass is 199 g/mol. The topological polar surface area (TPSA) is 40.7 Å². The number of aromatic amines is 1. The first-order valence-corrected chi connectivity index (χ1v) is 5.25. The van der Waals surface area contributed by atoms with Crippen molar-refractivity contribution in [3.63, 3.8) is 0 Å². The van der Waals surface area contributed by atoms with Crippen molar-refractivity contribution in [2.75, 3.05) is 6.54 Å². The summed E-state index contributed by atoms with van der Waals surface area (Å²) in [4.78, 5) is 0. The highest BCUT2D eigenvalue weighted by Gasteiger charge is 2.21. The lowest BCUT2D eigenvalue weighted by Gasteiger charge is -2.25. The molecule has 2 heterocycles. The van der Waals surface area contributed by atoms with E-state index in [4.69, 9.17) is 0 Å². The van der Waals surface area contributed by atoms with E-state index in [9.17, 15) is 0 Å². The van der Waals surface area contributed by atoms with E-state index in [0.29, 0.717) is 0 Å². The van der Waals surface area contributed by atoms with Crippen molar-refractivity contribution >= 4 is 0 Å². The van der Waals surface area contributed by atoms with Crippen LogP contribution >= 0.6 is 0 Å². The predicted molar refractivity (Wildman–Crippen MR) is 58.6 cm³/mol. The molecule has 1 aliphatic heterocycles. The van der Waals surface area contributed by atoms with Crippen molar-refractivity contribution in [1.29, 1.82) is 0 Å². The fourth-order valence-electron chi connectivity index (χ4n) is 2.21. The minimum Gasteiger partial charge on any atom is -0.305 e. The molecule has 1 unspecified atom stereocenters. The minimum atomic E-state index is 0.275. The van der Waals surface area contributed by atoms with Crippen LogP contribution in [-0.2, 0) is 6.42 Å². The molecule has 3 nitrogen and oxygen atoms in total. The zero-order chi connectivity index (χ0) is 10.1. The lowest BCUT2D eigenvalue weighted by molar-refractivity contribution is 0.556. The molecule has 0 saturated heterocycles. The van der Waals surface area contributed by atoms with Crippen LogP contribution in [0.4, 0.5) is 0 Å². The summed E-state index contributed by atoms with van der Waals surface area (Å²) >= 11 is 0. The van der Waals surface area contributed by atoms with Gasteiger partial charge in [0.1, 0.15) is 0 Å². The summed E-state index contributed by atoms with van der Waals surface area (Å²) in [7, 11) is 0. The molecule has 15 heavy (non-hydrogen) atoms. The third-order valence-electron chi connectivity index (χ3n) is 2.94. The zero-order valence-electron chi connectivity index (χ0n) is 8.40. The molecule has 0 bridgehead atoms. The second kappa shape index (κ2) is 3.51. The molecule has 0 amide bonds. The van der Waals surface area contributed by atoms with Gasteiger partial charge in [-0.05, 0) is 23.6 Å². The maximum absolute atomic E-state index is 4.01. The number of nitrogens with zero attached hydrogens (tertiary/aromatic N) is 1. The number of hydrogen-bond donors (Lipinski definition) is 2. The van der Waals surface area contributed by atoms with Gasteiger partial charge in [-0.25, -0.2) is 0 Å². The number of fused-ring (bicyclic) bond motifs is 1. The molecule has 76 valence electrons. The molecule has 1 atom stereocenters. The van der Waals surface area contributed by atoms with E-state index in [2.05, 4.69) is 39.8 Å². The SMILES string of the molecule is c1ccc2c(c1)CCNC2c1ccn[nH]1. The maximum Gasteiger partial charge on any atom is 0.0748 e. The Kier molecular flexibility index (Phi) is 2.03. The number of hydrogen-bond acceptors (Lipinski definition) is 2. The van der Waals surface area contributed by atoms with Gasteiger partial charge in [0.25, 0.3) is 0 Å². The van der Waals surface area contributed by atoms with Crippen molar-refractivity contribution in [3.05, 3.63) is 53.3 Å². The molecule has 1 aromatic heterocycles. The Hall–Kier alpha value is -1.61. The largest absolute Gasteiger partial charge is 0.305 e. The highest BCUT2D eigenvalue weighted by atomic mass is 15.1. The molecular formula is C12H13N3. The van der Waals surface area contributed by atoms with E-state index in [-0.39, 0.29) is 6.04 Å². The van der Waals surface area contributed by atoms with Gasteiger partial charge in [-0.2, -0.15) is 5.10 Å². The number of rotatable bonds is 1. The van der Waals surface area contributed by atoms with Gasteiger partial charge in [0, 0.05) is 12.7 Å². The molecule has 2 N–H and O–H groups in total. The predicted octanol–water partition coefficient (Wildman–Crippen LogP) is 1.64. The van der Waals surface area contributed by atoms with Crippen LogP contribution in [0.2, 0.25) is 0 Å². The van der Waals surface area contributed by atoms with Gasteiger partial charge < -0.3 is 5.32 Å². The van der Waals surface area contributed by atoms with Crippen molar-refractivity contribution in [2.45, 2.75) is 12.5 Å². The van der Waals surface area contributed by atoms with Crippen molar-refractivity contribution in [1.82, 2.24) is 15.5 Å². The minimum absolute atomic E-state index is 0.275. The average molecular weight is 199 g/mol. The van der Waals surface area contributed by atoms with E-state index in [1.165, 1.54) is 11.1 Å². The van der Waals surface area contributed by atoms with Crippen LogP contribution in [0.15, 0.2) is 36.5 Å². The third kappa shape index (κ3) is 1.45. The third-order valence-corrected chi connectivity index (χ3v) is 2.94. The summed E-state index contributed by atoms with van der Waals surface area (Å²) in [6.45, 7) is 1.03. The van der Waals surface area contributed by atoms with Crippen LogP contribution in [0.25, 0.3) is 0 Å². The van der Waals surface area contributed by atoms with Crippen LogP contribution in [0.1, 0.15) is 22.9 Å². The quantitative estimate of drug-likeness (QED) is 0.733. The summed E-state index contributed by atoms with van der Waals surface area (Å²) in [6.07, 6.45) is 2.91. The maximum atomic E-state index is 4.01. The summed E-state index contributed by atoms with van der Waals surface area (Å²) < 4.78 is 0. The molecule has 1 aliphatic rings. The Bertz CT molecular complexity index is 448. The Morgan fingerprint density at radius 2 is 2.13 bits per heavy atom. The second-order valence-electron chi connectivity index (χ2n) is 3.85. The summed E-state index contributed by atoms with van der Waals surface area (Å²) in [6, 6.07) is 10.9. The smallest absolute Gasteiger partial charge is 0.0748 e. The van der Waals surface area contributed by atoms with Crippen molar-refractivity contribution in [3.8, 4) is 0 Å². The van der Waals surface area contributed by atoms with Gasteiger partial charge in [-0.15, -0.1) is 0 Å². The first kappa shape index (κ1) is 8.68. The van der Waals surface area contributed by atoms with Crippen LogP contribution in [0, 0.1) is 0 Å². The average Bonchev–Trinajstić information content (AvgIpc) is 2.82. The normalized spacial score (nSPS) is 19.9. The first-order valence-electron chi connectivity index (χ1n) is 5.25. The number of nitrogens with one attached hydrogen (secondary N) is 2. The summed E-state index contributed by atoms with van der Waals surface area (Å²) in [5, 5.41) is 10.5. The van der Waals surface area contributed by atoms with Crippen molar-refractivity contribution in [2.24, 2.45) is 0 Å². The van der Waals surface area contributed by atoms with Gasteiger partial charge in [-0.1, -0.05) is 24.3 Å². The zero-order valence-corrected chi connectivity index (χ0v) is 8.40. The molecule has 1 aromatic carbocycles. The van der Waals surface area contributed by atoms with E-state index >= 15 is 0 Å². The molecule has 0 aliphatic carbocycles. The van der Waals surface area contributed by atoms with Gasteiger partial charge in [0.05, 0.1) is 11.7 Å². The second-order valence-corrected chi connectivity index (χ2v) is 3.85. The fraction of sp³-hybridized carbons (Fsp3) is 0.250. The van der Waals surface area contributed by atoms with Crippen LogP contribution in [0.3, 0.4) is 0 Å². The highest BCUT2D eigenvalue weighted by Crippen LogP contribution is 2.26. The number of aromatic nitrogens is 2. The molecule has 0 saturated carbocycles. The Balaban J connectivity index is 2.06. The van der Waals surface area contributed by atoms with E-state index in [1.54, 1.807) is 6.20 Å². The lowest BCUT2D eigenvalue weighted by atomic mass is 9.93. The summed E-state index contributed by atoms with van der Waals surface area (Å²) in [5.41, 5.74) is 3.95. The highest BCUT2D eigenvalue weighted by molar-refractivity contribution is 5.36. The first-order chi connectivity index (χ1) is 7.45. The molecular weight excluding hydrogens is 186 g/mol. The molecule has 3 rings (SSSR count). The molecule has 2 aromatic rings. The molecule has 0 radical (unpaired) electrons. The van der Waals surface area contributed by atoms with Gasteiger partial charge in [0.15, 0.2) is 0 Å². The summed E-state index contributed by atoms with van der Waals surface area (Å²) in [5.74, 6) is 0. The molecule has 0 fully saturated rings. The van der Waals surface area contributed by atoms with Crippen LogP contribution in [0.5, 0.6) is 0 Å². The fourth-order valence-corrected chi connectivity index (χ4v) is 2.21. The van der Waals surface area contributed by atoms with Gasteiger partial charge >= 0.3 is 0 Å². The molecule has 0 spiro atoms.